The first-order valence-electron chi connectivity index (χ1n) is 5.91. The molecule has 0 unspecified atom stereocenters. The van der Waals surface area contributed by atoms with E-state index in [2.05, 4.69) is 9.71 Å². The summed E-state index contributed by atoms with van der Waals surface area (Å²) in [5.41, 5.74) is -0.705. The number of nitrogens with zero attached hydrogens (tertiary/aromatic N) is 2. The first kappa shape index (κ1) is 15.0. The number of nitrogens with one attached hydrogen (secondary N) is 1. The maximum atomic E-state index is 13.1. The van der Waals surface area contributed by atoms with Gasteiger partial charge in [0, 0.05) is 12.7 Å². The number of imidazole rings is 1. The van der Waals surface area contributed by atoms with Gasteiger partial charge in [-0.2, -0.15) is 8.42 Å². The second-order valence-corrected chi connectivity index (χ2v) is 5.77. The predicted octanol–water partition coefficient (Wildman–Crippen LogP) is 1.54. The van der Waals surface area contributed by atoms with Crippen LogP contribution < -0.4 is 4.72 Å². The minimum Gasteiger partial charge on any atom is -0.478 e. The second-order valence-electron chi connectivity index (χ2n) is 4.14. The van der Waals surface area contributed by atoms with Crippen molar-refractivity contribution in [2.24, 2.45) is 0 Å². The zero-order valence-corrected chi connectivity index (χ0v) is 11.8. The zero-order chi connectivity index (χ0) is 15.6. The summed E-state index contributed by atoms with van der Waals surface area (Å²) in [7, 11) is -4.04. The molecule has 0 saturated carbocycles. The molecular formula is C12H12FN3O4S. The van der Waals surface area contributed by atoms with E-state index in [1.807, 2.05) is 6.92 Å². The van der Waals surface area contributed by atoms with Gasteiger partial charge >= 0.3 is 5.97 Å². The predicted molar refractivity (Wildman–Crippen MR) is 72.1 cm³/mol. The molecule has 2 aromatic rings. The normalized spacial score (nSPS) is 11.3. The lowest BCUT2D eigenvalue weighted by molar-refractivity contribution is 0.0697. The molecule has 0 aliphatic carbocycles. The van der Waals surface area contributed by atoms with Crippen LogP contribution in [0.5, 0.6) is 0 Å². The lowest BCUT2D eigenvalue weighted by Gasteiger charge is -2.08. The second kappa shape index (κ2) is 5.52. The van der Waals surface area contributed by atoms with Gasteiger partial charge in [0.1, 0.15) is 5.82 Å². The first-order valence-corrected chi connectivity index (χ1v) is 7.39. The minimum absolute atomic E-state index is 0.227. The molecule has 0 bridgehead atoms. The number of hydrogen-bond donors (Lipinski definition) is 2. The maximum absolute atomic E-state index is 13.1. The van der Waals surface area contributed by atoms with E-state index >= 15 is 0 Å². The van der Waals surface area contributed by atoms with E-state index in [-0.39, 0.29) is 10.7 Å². The monoisotopic (exact) mass is 313 g/mol. The molecule has 1 aromatic heterocycles. The van der Waals surface area contributed by atoms with Crippen molar-refractivity contribution >= 4 is 21.7 Å². The highest BCUT2D eigenvalue weighted by Crippen LogP contribution is 2.20. The summed E-state index contributed by atoms with van der Waals surface area (Å²) in [6.45, 7) is 2.35. The van der Waals surface area contributed by atoms with E-state index in [0.717, 1.165) is 18.2 Å². The molecule has 1 aromatic carbocycles. The molecule has 1 heterocycles. The van der Waals surface area contributed by atoms with Gasteiger partial charge in [0.15, 0.2) is 5.03 Å². The summed E-state index contributed by atoms with van der Waals surface area (Å²) in [6, 6.07) is 2.76. The molecule has 0 aliphatic rings. The number of carboxylic acid groups (broad SMARTS) is 1. The summed E-state index contributed by atoms with van der Waals surface area (Å²) in [4.78, 5) is 14.8. The summed E-state index contributed by atoms with van der Waals surface area (Å²) < 4.78 is 40.9. The summed E-state index contributed by atoms with van der Waals surface area (Å²) >= 11 is 0. The number of benzene rings is 1. The first-order chi connectivity index (χ1) is 9.83. The van der Waals surface area contributed by atoms with Gasteiger partial charge in [0.25, 0.3) is 10.0 Å². The topological polar surface area (TPSA) is 101 Å². The smallest absolute Gasteiger partial charge is 0.337 e. The SMILES string of the molecule is CCn1cnc(S(=O)(=O)Nc2ccc(F)cc2C(=O)O)c1. The van der Waals surface area contributed by atoms with E-state index in [0.29, 0.717) is 6.54 Å². The molecule has 0 aliphatic heterocycles. The highest BCUT2D eigenvalue weighted by atomic mass is 32.2. The number of hydrogen-bond acceptors (Lipinski definition) is 4. The van der Waals surface area contributed by atoms with Crippen molar-refractivity contribution in [2.75, 3.05) is 4.72 Å². The third kappa shape index (κ3) is 3.19. The van der Waals surface area contributed by atoms with Crippen molar-refractivity contribution in [3.63, 3.8) is 0 Å². The molecule has 0 radical (unpaired) electrons. The number of carbonyl (C=O) groups is 1. The van der Waals surface area contributed by atoms with Gasteiger partial charge in [-0.1, -0.05) is 0 Å². The van der Waals surface area contributed by atoms with Gasteiger partial charge in [-0.25, -0.2) is 14.2 Å². The molecule has 9 heteroatoms. The molecular weight excluding hydrogens is 301 g/mol. The average Bonchev–Trinajstić information content (AvgIpc) is 2.90. The molecule has 0 spiro atoms. The maximum Gasteiger partial charge on any atom is 0.337 e. The van der Waals surface area contributed by atoms with E-state index in [4.69, 9.17) is 5.11 Å². The Hall–Kier alpha value is -2.42. The van der Waals surface area contributed by atoms with Crippen molar-refractivity contribution in [1.29, 1.82) is 0 Å². The molecule has 2 N–H and O–H groups in total. The number of sulfonamides is 1. The van der Waals surface area contributed by atoms with Gasteiger partial charge in [-0.3, -0.25) is 4.72 Å². The van der Waals surface area contributed by atoms with E-state index in [9.17, 15) is 17.6 Å². The Kier molecular flexibility index (Phi) is 3.94. The summed E-state index contributed by atoms with van der Waals surface area (Å²) in [6.07, 6.45) is 2.66. The van der Waals surface area contributed by atoms with Crippen molar-refractivity contribution in [3.05, 3.63) is 42.1 Å². The fraction of sp³-hybridized carbons (Fsp3) is 0.167. The van der Waals surface area contributed by atoms with E-state index in [1.54, 1.807) is 4.57 Å². The van der Waals surface area contributed by atoms with Crippen molar-refractivity contribution in [1.82, 2.24) is 9.55 Å². The van der Waals surface area contributed by atoms with Gasteiger partial charge in [-0.05, 0) is 25.1 Å². The van der Waals surface area contributed by atoms with Gasteiger partial charge in [-0.15, -0.1) is 0 Å². The molecule has 0 fully saturated rings. The average molecular weight is 313 g/mol. The van der Waals surface area contributed by atoms with Crippen LogP contribution in [0.4, 0.5) is 10.1 Å². The Balaban J connectivity index is 2.39. The number of rotatable bonds is 5. The van der Waals surface area contributed by atoms with Gasteiger partial charge < -0.3 is 9.67 Å². The summed E-state index contributed by atoms with van der Waals surface area (Å²) in [5.74, 6) is -2.21. The van der Waals surface area contributed by atoms with Crippen LogP contribution >= 0.6 is 0 Å². The number of aromatic nitrogens is 2. The largest absolute Gasteiger partial charge is 0.478 e. The summed E-state index contributed by atoms with van der Waals surface area (Å²) in [5, 5.41) is 8.73. The van der Waals surface area contributed by atoms with E-state index in [1.165, 1.54) is 12.5 Å². The zero-order valence-electron chi connectivity index (χ0n) is 10.9. The van der Waals surface area contributed by atoms with Crippen LogP contribution in [-0.4, -0.2) is 29.0 Å². The Labute approximate surface area is 120 Å². The lowest BCUT2D eigenvalue weighted by atomic mass is 10.2. The fourth-order valence-electron chi connectivity index (χ4n) is 1.63. The molecule has 0 atom stereocenters. The highest BCUT2D eigenvalue weighted by Gasteiger charge is 2.21. The van der Waals surface area contributed by atoms with Crippen LogP contribution in [0.3, 0.4) is 0 Å². The molecule has 112 valence electrons. The third-order valence-corrected chi connectivity index (χ3v) is 3.96. The Bertz CT molecular complexity index is 786. The standard InChI is InChI=1S/C12H12FN3O4S/c1-2-16-6-11(14-7-16)21(19,20)15-10-4-3-8(13)5-9(10)12(17)18/h3-7,15H,2H2,1H3,(H,17,18). The van der Waals surface area contributed by atoms with Crippen LogP contribution in [0.15, 0.2) is 35.7 Å². The number of aryl methyl sites for hydroxylation is 1. The minimum atomic E-state index is -4.04. The van der Waals surface area contributed by atoms with E-state index < -0.39 is 27.4 Å². The number of carboxylic acids is 1. The van der Waals surface area contributed by atoms with Crippen molar-refractivity contribution in [2.45, 2.75) is 18.5 Å². The number of halogens is 1. The van der Waals surface area contributed by atoms with Gasteiger partial charge in [0.2, 0.25) is 0 Å². The fourth-order valence-corrected chi connectivity index (χ4v) is 2.66. The van der Waals surface area contributed by atoms with Gasteiger partial charge in [0.05, 0.1) is 17.6 Å². The Morgan fingerprint density at radius 2 is 2.19 bits per heavy atom. The van der Waals surface area contributed by atoms with Crippen molar-refractivity contribution in [3.8, 4) is 0 Å². The Morgan fingerprint density at radius 1 is 1.48 bits per heavy atom. The van der Waals surface area contributed by atoms with Crippen LogP contribution in [0.2, 0.25) is 0 Å². The highest BCUT2D eigenvalue weighted by molar-refractivity contribution is 7.92. The lowest BCUT2D eigenvalue weighted by Crippen LogP contribution is -2.16. The van der Waals surface area contributed by atoms with Crippen LogP contribution in [0.25, 0.3) is 0 Å². The quantitative estimate of drug-likeness (QED) is 0.872. The third-order valence-electron chi connectivity index (χ3n) is 2.71. The Morgan fingerprint density at radius 3 is 2.76 bits per heavy atom. The number of anilines is 1. The van der Waals surface area contributed by atoms with Crippen molar-refractivity contribution < 1.29 is 22.7 Å². The van der Waals surface area contributed by atoms with Crippen LogP contribution in [0.1, 0.15) is 17.3 Å². The number of aromatic carboxylic acids is 1. The molecule has 0 saturated heterocycles. The molecule has 7 nitrogen and oxygen atoms in total. The van der Waals surface area contributed by atoms with Crippen LogP contribution in [0, 0.1) is 5.82 Å². The van der Waals surface area contributed by atoms with Crippen LogP contribution in [-0.2, 0) is 16.6 Å². The molecule has 21 heavy (non-hydrogen) atoms. The molecule has 0 amide bonds. The molecule has 2 rings (SSSR count).